The molecule has 2 aliphatic rings. The number of aliphatic hydroxyl groups excluding tert-OH is 1. The first kappa shape index (κ1) is 11.4. The van der Waals surface area contributed by atoms with Crippen LogP contribution in [0.5, 0.6) is 0 Å². The number of ether oxygens (including phenoxy) is 1. The molecular formula is C12H23NO2. The summed E-state index contributed by atoms with van der Waals surface area (Å²) in [6, 6.07) is 0. The molecule has 2 atom stereocenters. The summed E-state index contributed by atoms with van der Waals surface area (Å²) in [6.45, 7) is 7.29. The highest BCUT2D eigenvalue weighted by Crippen LogP contribution is 2.30. The van der Waals surface area contributed by atoms with Gasteiger partial charge in [-0.05, 0) is 46.1 Å². The zero-order valence-electron chi connectivity index (χ0n) is 9.91. The van der Waals surface area contributed by atoms with Gasteiger partial charge in [-0.25, -0.2) is 0 Å². The monoisotopic (exact) mass is 213 g/mol. The van der Waals surface area contributed by atoms with Gasteiger partial charge in [-0.15, -0.1) is 0 Å². The molecule has 2 aliphatic heterocycles. The average Bonchev–Trinajstić information content (AvgIpc) is 2.45. The molecule has 0 aromatic carbocycles. The number of nitrogens with zero attached hydrogens (tertiary/aromatic N) is 1. The van der Waals surface area contributed by atoms with Crippen LogP contribution in [0, 0.1) is 0 Å². The Balaban J connectivity index is 1.77. The summed E-state index contributed by atoms with van der Waals surface area (Å²) in [6.07, 6.45) is 4.68. The predicted octanol–water partition coefficient (Wildman–Crippen LogP) is 1.40. The summed E-state index contributed by atoms with van der Waals surface area (Å²) in [7, 11) is 0. The molecule has 0 radical (unpaired) electrons. The van der Waals surface area contributed by atoms with Gasteiger partial charge in [-0.3, -0.25) is 4.90 Å². The van der Waals surface area contributed by atoms with Gasteiger partial charge in [-0.1, -0.05) is 0 Å². The lowest BCUT2D eigenvalue weighted by molar-refractivity contribution is -0.0379. The van der Waals surface area contributed by atoms with E-state index in [9.17, 15) is 5.11 Å². The van der Waals surface area contributed by atoms with Gasteiger partial charge in [0, 0.05) is 13.1 Å². The molecule has 1 unspecified atom stereocenters. The van der Waals surface area contributed by atoms with Crippen molar-refractivity contribution >= 4 is 0 Å². The zero-order chi connectivity index (χ0) is 10.9. The second-order valence-electron chi connectivity index (χ2n) is 5.59. The summed E-state index contributed by atoms with van der Waals surface area (Å²) in [5.41, 5.74) is 0.0685. The fourth-order valence-electron chi connectivity index (χ4n) is 2.69. The molecule has 15 heavy (non-hydrogen) atoms. The lowest BCUT2D eigenvalue weighted by Gasteiger charge is -2.32. The number of rotatable bonds is 2. The molecule has 0 aliphatic carbocycles. The summed E-state index contributed by atoms with van der Waals surface area (Å²) >= 11 is 0. The molecule has 88 valence electrons. The molecule has 0 spiro atoms. The molecule has 1 N–H and O–H groups in total. The van der Waals surface area contributed by atoms with E-state index in [-0.39, 0.29) is 11.7 Å². The van der Waals surface area contributed by atoms with E-state index in [1.807, 2.05) is 0 Å². The summed E-state index contributed by atoms with van der Waals surface area (Å²) < 4.78 is 5.96. The van der Waals surface area contributed by atoms with Gasteiger partial charge in [0.15, 0.2) is 0 Å². The van der Waals surface area contributed by atoms with E-state index in [4.69, 9.17) is 4.74 Å². The van der Waals surface area contributed by atoms with Crippen LogP contribution in [0.4, 0.5) is 0 Å². The van der Waals surface area contributed by atoms with Gasteiger partial charge < -0.3 is 9.84 Å². The minimum Gasteiger partial charge on any atom is -0.392 e. The summed E-state index contributed by atoms with van der Waals surface area (Å²) in [5, 5.41) is 9.57. The highest BCUT2D eigenvalue weighted by molar-refractivity contribution is 4.84. The predicted molar refractivity (Wildman–Crippen MR) is 59.9 cm³/mol. The normalized spacial score (nSPS) is 37.0. The fraction of sp³-hybridized carbons (Fsp3) is 1.00. The van der Waals surface area contributed by atoms with E-state index < -0.39 is 0 Å². The maximum absolute atomic E-state index is 9.57. The molecular weight excluding hydrogens is 190 g/mol. The van der Waals surface area contributed by atoms with Crippen LogP contribution in [-0.2, 0) is 4.74 Å². The van der Waals surface area contributed by atoms with Gasteiger partial charge in [0.1, 0.15) is 0 Å². The second kappa shape index (κ2) is 4.40. The minimum absolute atomic E-state index is 0.0685. The number of hydrogen-bond acceptors (Lipinski definition) is 3. The van der Waals surface area contributed by atoms with Crippen LogP contribution < -0.4 is 0 Å². The third-order valence-electron chi connectivity index (χ3n) is 3.50. The van der Waals surface area contributed by atoms with Crippen molar-refractivity contribution in [3.63, 3.8) is 0 Å². The number of hydrogen-bond donors (Lipinski definition) is 1. The van der Waals surface area contributed by atoms with Crippen molar-refractivity contribution in [3.05, 3.63) is 0 Å². The SMILES string of the molecule is CC1(C)CCC(CN2CCC[C@H](O)C2)O1. The molecule has 0 saturated carbocycles. The largest absolute Gasteiger partial charge is 0.392 e. The number of piperidine rings is 1. The third kappa shape index (κ3) is 3.16. The lowest BCUT2D eigenvalue weighted by atomic mass is 10.0. The minimum atomic E-state index is -0.117. The molecule has 2 heterocycles. The lowest BCUT2D eigenvalue weighted by Crippen LogP contribution is -2.42. The topological polar surface area (TPSA) is 32.7 Å². The van der Waals surface area contributed by atoms with E-state index >= 15 is 0 Å². The van der Waals surface area contributed by atoms with Crippen molar-refractivity contribution in [1.82, 2.24) is 4.90 Å². The van der Waals surface area contributed by atoms with E-state index in [0.717, 1.165) is 38.9 Å². The van der Waals surface area contributed by atoms with Gasteiger partial charge in [0.25, 0.3) is 0 Å². The first-order valence-electron chi connectivity index (χ1n) is 6.13. The number of likely N-dealkylation sites (tertiary alicyclic amines) is 1. The molecule has 3 nitrogen and oxygen atoms in total. The quantitative estimate of drug-likeness (QED) is 0.752. The van der Waals surface area contributed by atoms with Gasteiger partial charge in [-0.2, -0.15) is 0 Å². The van der Waals surface area contributed by atoms with Crippen LogP contribution in [0.3, 0.4) is 0 Å². The van der Waals surface area contributed by atoms with Crippen LogP contribution in [0.25, 0.3) is 0 Å². The number of β-amino-alcohol motifs (C(OH)–C–C–N with tert-alkyl or cyclic N) is 1. The first-order valence-corrected chi connectivity index (χ1v) is 6.13. The summed E-state index contributed by atoms with van der Waals surface area (Å²) in [4.78, 5) is 2.35. The van der Waals surface area contributed by atoms with Crippen molar-refractivity contribution < 1.29 is 9.84 Å². The molecule has 0 bridgehead atoms. The van der Waals surface area contributed by atoms with Gasteiger partial charge in [0.05, 0.1) is 17.8 Å². The van der Waals surface area contributed by atoms with Crippen LogP contribution in [0.2, 0.25) is 0 Å². The third-order valence-corrected chi connectivity index (χ3v) is 3.50. The maximum Gasteiger partial charge on any atom is 0.0710 e. The van der Waals surface area contributed by atoms with E-state index in [2.05, 4.69) is 18.7 Å². The van der Waals surface area contributed by atoms with E-state index in [1.165, 1.54) is 6.42 Å². The van der Waals surface area contributed by atoms with Crippen molar-refractivity contribution in [2.24, 2.45) is 0 Å². The van der Waals surface area contributed by atoms with Crippen LogP contribution >= 0.6 is 0 Å². The molecule has 2 saturated heterocycles. The van der Waals surface area contributed by atoms with Crippen molar-refractivity contribution in [1.29, 1.82) is 0 Å². The molecule has 0 aromatic heterocycles. The highest BCUT2D eigenvalue weighted by atomic mass is 16.5. The molecule has 0 amide bonds. The van der Waals surface area contributed by atoms with Crippen LogP contribution in [0.15, 0.2) is 0 Å². The van der Waals surface area contributed by atoms with Gasteiger partial charge >= 0.3 is 0 Å². The van der Waals surface area contributed by atoms with Gasteiger partial charge in [0.2, 0.25) is 0 Å². The smallest absolute Gasteiger partial charge is 0.0710 e. The maximum atomic E-state index is 9.57. The zero-order valence-corrected chi connectivity index (χ0v) is 9.91. The van der Waals surface area contributed by atoms with Crippen LogP contribution in [-0.4, -0.2) is 47.4 Å². The molecule has 0 aromatic rings. The number of aliphatic hydroxyl groups is 1. The molecule has 2 rings (SSSR count). The van der Waals surface area contributed by atoms with E-state index in [0.29, 0.717) is 6.10 Å². The van der Waals surface area contributed by atoms with E-state index in [1.54, 1.807) is 0 Å². The Labute approximate surface area is 92.4 Å². The van der Waals surface area contributed by atoms with Crippen LogP contribution in [0.1, 0.15) is 39.5 Å². The second-order valence-corrected chi connectivity index (χ2v) is 5.59. The van der Waals surface area contributed by atoms with Crippen molar-refractivity contribution in [3.8, 4) is 0 Å². The standard InChI is InChI=1S/C12H23NO2/c1-12(2)6-5-11(15-12)9-13-7-3-4-10(14)8-13/h10-11,14H,3-9H2,1-2H3/t10-,11?/m0/s1. The van der Waals surface area contributed by atoms with Crippen molar-refractivity contribution in [2.45, 2.75) is 57.3 Å². The Morgan fingerprint density at radius 1 is 1.40 bits per heavy atom. The average molecular weight is 213 g/mol. The first-order chi connectivity index (χ1) is 7.05. The summed E-state index contributed by atoms with van der Waals surface area (Å²) in [5.74, 6) is 0. The Kier molecular flexibility index (Phi) is 3.33. The Hall–Kier alpha value is -0.120. The Morgan fingerprint density at radius 3 is 2.80 bits per heavy atom. The molecule has 2 fully saturated rings. The highest BCUT2D eigenvalue weighted by Gasteiger charge is 2.33. The Bertz CT molecular complexity index is 218. The molecule has 3 heteroatoms. The fourth-order valence-corrected chi connectivity index (χ4v) is 2.69. The Morgan fingerprint density at radius 2 is 2.20 bits per heavy atom. The van der Waals surface area contributed by atoms with Crippen molar-refractivity contribution in [2.75, 3.05) is 19.6 Å².